The summed E-state index contributed by atoms with van der Waals surface area (Å²) in [5.41, 5.74) is 3.82. The topological polar surface area (TPSA) is 35.5 Å². The van der Waals surface area contributed by atoms with Crippen LogP contribution in [0.25, 0.3) is 6.08 Å². The molecule has 3 aromatic carbocycles. The van der Waals surface area contributed by atoms with Crippen LogP contribution in [0, 0.1) is 19.7 Å². The Hall–Kier alpha value is -3.40. The molecule has 0 spiro atoms. The van der Waals surface area contributed by atoms with Crippen LogP contribution in [0.3, 0.4) is 0 Å². The van der Waals surface area contributed by atoms with Crippen molar-refractivity contribution in [2.45, 2.75) is 20.5 Å². The van der Waals surface area contributed by atoms with Gasteiger partial charge in [-0.3, -0.25) is 4.79 Å². The Morgan fingerprint density at radius 3 is 2.54 bits per heavy atom. The van der Waals surface area contributed by atoms with E-state index in [0.29, 0.717) is 22.6 Å². The zero-order valence-electron chi connectivity index (χ0n) is 15.7. The maximum Gasteiger partial charge on any atom is 0.232 e. The zero-order chi connectivity index (χ0) is 19.7. The Morgan fingerprint density at radius 2 is 1.79 bits per heavy atom. The van der Waals surface area contributed by atoms with Crippen molar-refractivity contribution in [1.29, 1.82) is 0 Å². The van der Waals surface area contributed by atoms with Gasteiger partial charge in [-0.15, -0.1) is 0 Å². The minimum Gasteiger partial charge on any atom is -0.489 e. The number of Topliss-reactive ketones (excluding diaryl/α,β-unsaturated/α-hetero) is 1. The van der Waals surface area contributed by atoms with Gasteiger partial charge in [0.15, 0.2) is 5.76 Å². The highest BCUT2D eigenvalue weighted by Crippen LogP contribution is 2.37. The number of halogens is 1. The lowest BCUT2D eigenvalue weighted by Crippen LogP contribution is -2.00. The fraction of sp³-hybridized carbons (Fsp3) is 0.125. The molecule has 0 bridgehead atoms. The van der Waals surface area contributed by atoms with Crippen molar-refractivity contribution in [3.63, 3.8) is 0 Å². The number of allylic oxidation sites excluding steroid dienone is 1. The third-order valence-electron chi connectivity index (χ3n) is 4.67. The lowest BCUT2D eigenvalue weighted by Gasteiger charge is -2.09. The van der Waals surface area contributed by atoms with Gasteiger partial charge in [-0.25, -0.2) is 4.39 Å². The Labute approximate surface area is 163 Å². The molecule has 1 aliphatic rings. The highest BCUT2D eigenvalue weighted by atomic mass is 19.1. The molecule has 3 nitrogen and oxygen atoms in total. The Kier molecular flexibility index (Phi) is 4.70. The van der Waals surface area contributed by atoms with E-state index in [0.717, 1.165) is 16.7 Å². The van der Waals surface area contributed by atoms with Gasteiger partial charge in [0.25, 0.3) is 0 Å². The van der Waals surface area contributed by atoms with Crippen LogP contribution in [-0.4, -0.2) is 5.78 Å². The SMILES string of the molecule is Cc1ccc(/C=C2\Oc3cc(OCc4ccccc4F)cc(C)c3C2=O)cc1. The molecule has 28 heavy (non-hydrogen) atoms. The quantitative estimate of drug-likeness (QED) is 0.555. The molecule has 4 rings (SSSR count). The van der Waals surface area contributed by atoms with E-state index in [1.54, 1.807) is 36.4 Å². The second-order valence-electron chi connectivity index (χ2n) is 6.84. The largest absolute Gasteiger partial charge is 0.489 e. The Balaban J connectivity index is 1.57. The van der Waals surface area contributed by atoms with Crippen LogP contribution in [0.5, 0.6) is 11.5 Å². The predicted molar refractivity (Wildman–Crippen MR) is 106 cm³/mol. The number of hydrogen-bond donors (Lipinski definition) is 0. The first-order valence-corrected chi connectivity index (χ1v) is 9.03. The summed E-state index contributed by atoms with van der Waals surface area (Å²) < 4.78 is 25.3. The monoisotopic (exact) mass is 374 g/mol. The molecule has 140 valence electrons. The zero-order valence-corrected chi connectivity index (χ0v) is 15.7. The van der Waals surface area contributed by atoms with Crippen LogP contribution in [0.1, 0.15) is 32.6 Å². The van der Waals surface area contributed by atoms with Crippen LogP contribution in [0.4, 0.5) is 4.39 Å². The highest BCUT2D eigenvalue weighted by Gasteiger charge is 2.30. The van der Waals surface area contributed by atoms with E-state index in [1.165, 1.54) is 6.07 Å². The molecule has 0 unspecified atom stereocenters. The molecule has 0 N–H and O–H groups in total. The van der Waals surface area contributed by atoms with Gasteiger partial charge in [0.2, 0.25) is 5.78 Å². The lowest BCUT2D eigenvalue weighted by molar-refractivity contribution is 0.101. The highest BCUT2D eigenvalue weighted by molar-refractivity contribution is 6.15. The fourth-order valence-electron chi connectivity index (χ4n) is 3.15. The molecule has 0 fully saturated rings. The van der Waals surface area contributed by atoms with Crippen LogP contribution < -0.4 is 9.47 Å². The van der Waals surface area contributed by atoms with E-state index >= 15 is 0 Å². The molecule has 3 aromatic rings. The molecule has 0 atom stereocenters. The number of rotatable bonds is 4. The summed E-state index contributed by atoms with van der Waals surface area (Å²) in [4.78, 5) is 12.7. The number of ketones is 1. The summed E-state index contributed by atoms with van der Waals surface area (Å²) in [6, 6.07) is 17.8. The molecule has 0 radical (unpaired) electrons. The van der Waals surface area contributed by atoms with Crippen molar-refractivity contribution < 1.29 is 18.7 Å². The molecule has 0 aliphatic carbocycles. The van der Waals surface area contributed by atoms with E-state index in [4.69, 9.17) is 9.47 Å². The van der Waals surface area contributed by atoms with Crippen molar-refractivity contribution >= 4 is 11.9 Å². The van der Waals surface area contributed by atoms with Gasteiger partial charge < -0.3 is 9.47 Å². The van der Waals surface area contributed by atoms with E-state index in [1.807, 2.05) is 38.1 Å². The number of benzene rings is 3. The van der Waals surface area contributed by atoms with Gasteiger partial charge in [-0.1, -0.05) is 48.0 Å². The second-order valence-corrected chi connectivity index (χ2v) is 6.84. The van der Waals surface area contributed by atoms with Crippen LogP contribution in [0.2, 0.25) is 0 Å². The van der Waals surface area contributed by atoms with Crippen LogP contribution >= 0.6 is 0 Å². The van der Waals surface area contributed by atoms with Crippen molar-refractivity contribution in [2.24, 2.45) is 0 Å². The number of carbonyl (C=O) groups excluding carboxylic acids is 1. The summed E-state index contributed by atoms with van der Waals surface area (Å²) in [6.07, 6.45) is 1.74. The fourth-order valence-corrected chi connectivity index (χ4v) is 3.15. The summed E-state index contributed by atoms with van der Waals surface area (Å²) in [5, 5.41) is 0. The molecule has 0 amide bonds. The maximum atomic E-state index is 13.8. The molecule has 1 heterocycles. The van der Waals surface area contributed by atoms with Crippen molar-refractivity contribution in [2.75, 3.05) is 0 Å². The third kappa shape index (κ3) is 3.54. The number of aryl methyl sites for hydroxylation is 2. The number of carbonyl (C=O) groups is 1. The van der Waals surface area contributed by atoms with E-state index in [2.05, 4.69) is 0 Å². The number of fused-ring (bicyclic) bond motifs is 1. The molecule has 0 saturated carbocycles. The first-order chi connectivity index (χ1) is 13.5. The number of ether oxygens (including phenoxy) is 2. The van der Waals surface area contributed by atoms with E-state index < -0.39 is 0 Å². The minimum atomic E-state index is -0.310. The third-order valence-corrected chi connectivity index (χ3v) is 4.67. The Bertz CT molecular complexity index is 1080. The van der Waals surface area contributed by atoms with Crippen molar-refractivity contribution in [3.05, 3.63) is 100 Å². The number of hydrogen-bond acceptors (Lipinski definition) is 3. The average molecular weight is 374 g/mol. The van der Waals surface area contributed by atoms with Gasteiger partial charge in [-0.05, 0) is 43.2 Å². The molecule has 4 heteroatoms. The van der Waals surface area contributed by atoms with Gasteiger partial charge >= 0.3 is 0 Å². The smallest absolute Gasteiger partial charge is 0.232 e. The average Bonchev–Trinajstić information content (AvgIpc) is 2.99. The predicted octanol–water partition coefficient (Wildman–Crippen LogP) is 5.64. The first-order valence-electron chi connectivity index (χ1n) is 9.03. The maximum absolute atomic E-state index is 13.8. The molecular formula is C24H19FO3. The second kappa shape index (κ2) is 7.31. The molecule has 0 aromatic heterocycles. The minimum absolute atomic E-state index is 0.102. The summed E-state index contributed by atoms with van der Waals surface area (Å²) in [6.45, 7) is 3.95. The lowest BCUT2D eigenvalue weighted by atomic mass is 10.0. The van der Waals surface area contributed by atoms with Gasteiger partial charge in [0, 0.05) is 11.6 Å². The standard InChI is InChI=1S/C24H19FO3/c1-15-7-9-17(10-8-15)12-22-24(26)23-16(2)11-19(13-21(23)28-22)27-14-18-5-3-4-6-20(18)25/h3-13H,14H2,1-2H3/b22-12-. The van der Waals surface area contributed by atoms with Crippen LogP contribution in [-0.2, 0) is 6.61 Å². The Morgan fingerprint density at radius 1 is 1.04 bits per heavy atom. The first kappa shape index (κ1) is 18.0. The van der Waals surface area contributed by atoms with Gasteiger partial charge in [0.1, 0.15) is 23.9 Å². The van der Waals surface area contributed by atoms with E-state index in [-0.39, 0.29) is 24.0 Å². The van der Waals surface area contributed by atoms with Gasteiger partial charge in [0.05, 0.1) is 5.56 Å². The van der Waals surface area contributed by atoms with Crippen LogP contribution in [0.15, 0.2) is 66.4 Å². The molecule has 0 saturated heterocycles. The summed E-state index contributed by atoms with van der Waals surface area (Å²) in [5.74, 6) is 0.827. The summed E-state index contributed by atoms with van der Waals surface area (Å²) in [7, 11) is 0. The van der Waals surface area contributed by atoms with Gasteiger partial charge in [-0.2, -0.15) is 0 Å². The summed E-state index contributed by atoms with van der Waals surface area (Å²) >= 11 is 0. The normalized spacial score (nSPS) is 14.1. The van der Waals surface area contributed by atoms with Crippen molar-refractivity contribution in [1.82, 2.24) is 0 Å². The van der Waals surface area contributed by atoms with E-state index in [9.17, 15) is 9.18 Å². The molecule has 1 aliphatic heterocycles. The van der Waals surface area contributed by atoms with Crippen molar-refractivity contribution in [3.8, 4) is 11.5 Å². The molecular weight excluding hydrogens is 355 g/mol.